The van der Waals surface area contributed by atoms with E-state index in [1.165, 1.54) is 11.3 Å². The number of imidazole rings is 1. The summed E-state index contributed by atoms with van der Waals surface area (Å²) in [6.45, 7) is 9.20. The number of carbonyl (C=O) groups excluding carboxylic acids is 2. The molecule has 0 saturated heterocycles. The number of hydrogen-bond donors (Lipinski definition) is 4. The van der Waals surface area contributed by atoms with Gasteiger partial charge >= 0.3 is 0 Å². The number of rotatable bonds is 11. The maximum Gasteiger partial charge on any atom is 0.270 e. The van der Waals surface area contributed by atoms with Gasteiger partial charge in [-0.1, -0.05) is 39.2 Å². The van der Waals surface area contributed by atoms with E-state index in [0.29, 0.717) is 47.9 Å². The molecule has 2 amide bonds. The number of aliphatic hydroxyl groups is 1. The summed E-state index contributed by atoms with van der Waals surface area (Å²) in [6.07, 6.45) is 6.09. The van der Waals surface area contributed by atoms with Crippen LogP contribution in [0.3, 0.4) is 0 Å². The Labute approximate surface area is 250 Å². The van der Waals surface area contributed by atoms with E-state index in [1.807, 2.05) is 35.0 Å². The Morgan fingerprint density at radius 2 is 1.95 bits per heavy atom. The van der Waals surface area contributed by atoms with Gasteiger partial charge in [0.2, 0.25) is 0 Å². The zero-order valence-electron chi connectivity index (χ0n) is 24.2. The van der Waals surface area contributed by atoms with Crippen molar-refractivity contribution in [3.63, 3.8) is 0 Å². The summed E-state index contributed by atoms with van der Waals surface area (Å²) >= 11 is 1.51. The van der Waals surface area contributed by atoms with E-state index >= 15 is 0 Å². The van der Waals surface area contributed by atoms with Crippen LogP contribution in [0.15, 0.2) is 58.3 Å². The molecular formula is C32H38N6O3S. The van der Waals surface area contributed by atoms with Gasteiger partial charge < -0.3 is 21.1 Å². The molecule has 4 aromatic rings. The number of aromatic nitrogens is 2. The maximum atomic E-state index is 13.6. The van der Waals surface area contributed by atoms with E-state index < -0.39 is 5.60 Å². The van der Waals surface area contributed by atoms with E-state index in [2.05, 4.69) is 41.5 Å². The zero-order chi connectivity index (χ0) is 29.7. The summed E-state index contributed by atoms with van der Waals surface area (Å²) in [5, 5.41) is 24.2. The Balaban J connectivity index is 1.40. The third kappa shape index (κ3) is 6.55. The SMILES string of the molecule is C=Nc1ccc(CNC(=O)c2cccn3c(C(=O)NCC4(O)CCCCC4)c(-c4ccsc4)nc23)cc1NCC(C)C. The van der Waals surface area contributed by atoms with E-state index in [1.54, 1.807) is 22.7 Å². The van der Waals surface area contributed by atoms with Crippen LogP contribution >= 0.6 is 11.3 Å². The third-order valence-electron chi connectivity index (χ3n) is 7.65. The number of benzene rings is 1. The van der Waals surface area contributed by atoms with Crippen molar-refractivity contribution in [3.05, 3.63) is 70.2 Å². The lowest BCUT2D eigenvalue weighted by Gasteiger charge is -2.32. The van der Waals surface area contributed by atoms with Crippen LogP contribution in [-0.4, -0.2) is 51.7 Å². The van der Waals surface area contributed by atoms with Gasteiger partial charge in [0.1, 0.15) is 11.4 Å². The summed E-state index contributed by atoms with van der Waals surface area (Å²) in [4.78, 5) is 36.0. The van der Waals surface area contributed by atoms with Crippen LogP contribution in [0.25, 0.3) is 16.9 Å². The van der Waals surface area contributed by atoms with Gasteiger partial charge in [-0.05, 0) is 66.8 Å². The maximum absolute atomic E-state index is 13.6. The average Bonchev–Trinajstić information content (AvgIpc) is 3.66. The van der Waals surface area contributed by atoms with Gasteiger partial charge in [0.05, 0.1) is 22.5 Å². The van der Waals surface area contributed by atoms with E-state index in [0.717, 1.165) is 48.3 Å². The van der Waals surface area contributed by atoms with Gasteiger partial charge in [0, 0.05) is 36.8 Å². The third-order valence-corrected chi connectivity index (χ3v) is 8.33. The molecule has 3 aromatic heterocycles. The molecule has 0 unspecified atom stereocenters. The topological polar surface area (TPSA) is 120 Å². The Hall–Kier alpha value is -4.02. The van der Waals surface area contributed by atoms with Crippen LogP contribution in [0.1, 0.15) is 72.4 Å². The van der Waals surface area contributed by atoms with Crippen molar-refractivity contribution in [2.24, 2.45) is 10.9 Å². The molecule has 1 saturated carbocycles. The van der Waals surface area contributed by atoms with Gasteiger partial charge in [-0.2, -0.15) is 11.3 Å². The van der Waals surface area contributed by atoms with E-state index in [-0.39, 0.29) is 18.4 Å². The highest BCUT2D eigenvalue weighted by atomic mass is 32.1. The predicted molar refractivity (Wildman–Crippen MR) is 169 cm³/mol. The molecule has 9 nitrogen and oxygen atoms in total. The van der Waals surface area contributed by atoms with Crippen LogP contribution in [0.2, 0.25) is 0 Å². The van der Waals surface area contributed by atoms with Crippen molar-refractivity contribution in [1.82, 2.24) is 20.0 Å². The Kier molecular flexibility index (Phi) is 9.03. The number of carbonyl (C=O) groups is 2. The van der Waals surface area contributed by atoms with Crippen molar-refractivity contribution < 1.29 is 14.7 Å². The van der Waals surface area contributed by atoms with Gasteiger partial charge in [0.25, 0.3) is 11.8 Å². The molecule has 42 heavy (non-hydrogen) atoms. The number of aliphatic imine (C=N–C) groups is 1. The molecule has 0 spiro atoms. The minimum atomic E-state index is -0.897. The monoisotopic (exact) mass is 586 g/mol. The molecule has 4 N–H and O–H groups in total. The number of fused-ring (bicyclic) bond motifs is 1. The molecule has 3 heterocycles. The fourth-order valence-corrected chi connectivity index (χ4v) is 5.98. The van der Waals surface area contributed by atoms with Gasteiger partial charge in [-0.15, -0.1) is 0 Å². The van der Waals surface area contributed by atoms with Crippen molar-refractivity contribution in [3.8, 4) is 11.3 Å². The van der Waals surface area contributed by atoms with E-state index in [4.69, 9.17) is 4.98 Å². The Bertz CT molecular complexity index is 1570. The molecule has 0 radical (unpaired) electrons. The molecule has 0 bridgehead atoms. The first-order valence-electron chi connectivity index (χ1n) is 14.4. The van der Waals surface area contributed by atoms with Gasteiger partial charge in [-0.3, -0.25) is 19.0 Å². The first kappa shape index (κ1) is 29.5. The normalized spacial score (nSPS) is 14.6. The van der Waals surface area contributed by atoms with Crippen molar-refractivity contribution in [1.29, 1.82) is 0 Å². The number of nitrogens with one attached hydrogen (secondary N) is 3. The Morgan fingerprint density at radius 3 is 2.67 bits per heavy atom. The molecule has 220 valence electrons. The van der Waals surface area contributed by atoms with Crippen LogP contribution < -0.4 is 16.0 Å². The lowest BCUT2D eigenvalue weighted by Crippen LogP contribution is -2.44. The highest BCUT2D eigenvalue weighted by Crippen LogP contribution is 2.30. The van der Waals surface area contributed by atoms with Gasteiger partial charge in [0.15, 0.2) is 5.65 Å². The molecule has 5 rings (SSSR count). The number of hydrogen-bond acceptors (Lipinski definition) is 7. The first-order valence-corrected chi connectivity index (χ1v) is 15.4. The minimum absolute atomic E-state index is 0.177. The fraction of sp³-hybridized carbons (Fsp3) is 0.375. The molecule has 10 heteroatoms. The predicted octanol–water partition coefficient (Wildman–Crippen LogP) is 5.82. The molecule has 0 aliphatic heterocycles. The number of anilines is 1. The molecular weight excluding hydrogens is 548 g/mol. The highest BCUT2D eigenvalue weighted by Gasteiger charge is 2.31. The number of nitrogens with zero attached hydrogens (tertiary/aromatic N) is 3. The first-order chi connectivity index (χ1) is 20.3. The second-order valence-corrected chi connectivity index (χ2v) is 12.2. The number of pyridine rings is 1. The van der Waals surface area contributed by atoms with Crippen LogP contribution in [0, 0.1) is 5.92 Å². The van der Waals surface area contributed by atoms with Crippen molar-refractivity contribution >= 4 is 46.9 Å². The molecule has 1 fully saturated rings. The number of amides is 2. The minimum Gasteiger partial charge on any atom is -0.388 e. The molecule has 1 aliphatic rings. The Morgan fingerprint density at radius 1 is 1.14 bits per heavy atom. The average molecular weight is 587 g/mol. The lowest BCUT2D eigenvalue weighted by atomic mass is 9.85. The molecule has 0 atom stereocenters. The smallest absolute Gasteiger partial charge is 0.270 e. The molecule has 1 aromatic carbocycles. The van der Waals surface area contributed by atoms with Crippen LogP contribution in [-0.2, 0) is 6.54 Å². The quantitative estimate of drug-likeness (QED) is 0.165. The zero-order valence-corrected chi connectivity index (χ0v) is 25.0. The fourth-order valence-electron chi connectivity index (χ4n) is 5.34. The lowest BCUT2D eigenvalue weighted by molar-refractivity contribution is 0.00520. The summed E-state index contributed by atoms with van der Waals surface area (Å²) in [7, 11) is 0. The second-order valence-electron chi connectivity index (χ2n) is 11.4. The van der Waals surface area contributed by atoms with Crippen LogP contribution in [0.5, 0.6) is 0 Å². The molecule has 1 aliphatic carbocycles. The summed E-state index contributed by atoms with van der Waals surface area (Å²) < 4.78 is 1.67. The largest absolute Gasteiger partial charge is 0.388 e. The highest BCUT2D eigenvalue weighted by molar-refractivity contribution is 7.08. The summed E-state index contributed by atoms with van der Waals surface area (Å²) in [5.74, 6) is -0.171. The van der Waals surface area contributed by atoms with Crippen molar-refractivity contribution in [2.45, 2.75) is 58.1 Å². The number of thiophene rings is 1. The standard InChI is InChI=1S/C32H38N6O3S/c1-21(2)17-34-26-16-22(9-10-25(26)33-3)18-35-30(39)24-8-7-14-38-28(27(37-29(24)38)23-11-15-42-19-23)31(40)36-20-32(41)12-5-4-6-13-32/h7-11,14-16,19,21,34,41H,3-6,12-13,17-18,20H2,1-2H3,(H,35,39)(H,36,40). The second kappa shape index (κ2) is 12.9. The van der Waals surface area contributed by atoms with Gasteiger partial charge in [-0.25, -0.2) is 4.98 Å². The summed E-state index contributed by atoms with van der Waals surface area (Å²) in [5.41, 5.74) is 4.04. The summed E-state index contributed by atoms with van der Waals surface area (Å²) in [6, 6.07) is 11.1. The van der Waals surface area contributed by atoms with Crippen molar-refractivity contribution in [2.75, 3.05) is 18.4 Å². The van der Waals surface area contributed by atoms with E-state index in [9.17, 15) is 14.7 Å². The van der Waals surface area contributed by atoms with Crippen LogP contribution in [0.4, 0.5) is 11.4 Å².